The van der Waals surface area contributed by atoms with E-state index in [1.54, 1.807) is 43.3 Å². The minimum absolute atomic E-state index is 0.0857. The van der Waals surface area contributed by atoms with E-state index in [1.807, 2.05) is 24.3 Å². The van der Waals surface area contributed by atoms with Gasteiger partial charge in [-0.1, -0.05) is 48.0 Å². The number of aryl methyl sites for hydroxylation is 1. The van der Waals surface area contributed by atoms with Crippen LogP contribution in [0.2, 0.25) is 5.02 Å². The molecule has 1 heterocycles. The third-order valence-electron chi connectivity index (χ3n) is 4.80. The Morgan fingerprint density at radius 3 is 2.57 bits per heavy atom. The molecular weight excluding hydrogens is 440 g/mol. The summed E-state index contributed by atoms with van der Waals surface area (Å²) in [6.45, 7) is 1.70. The van der Waals surface area contributed by atoms with E-state index >= 15 is 0 Å². The standard InChI is InChI=1S/C22H19ClN2O3S2/c1-14-10-11-16(24-22(26)20-12-15-6-2-5-9-19(15)29-20)13-21(14)30(27,28)25-18-8-4-3-7-17(18)23/h2-11,13,20,25H,12H2,1H3,(H,24,26). The molecule has 8 heteroatoms. The zero-order chi connectivity index (χ0) is 21.3. The number of benzene rings is 3. The van der Waals surface area contributed by atoms with Crippen LogP contribution in [0.4, 0.5) is 11.4 Å². The SMILES string of the molecule is Cc1ccc(NC(=O)C2Cc3ccccc3S2)cc1S(=O)(=O)Nc1ccccc1Cl. The Labute approximate surface area is 184 Å². The summed E-state index contributed by atoms with van der Waals surface area (Å²) in [5.41, 5.74) is 2.45. The lowest BCUT2D eigenvalue weighted by atomic mass is 10.1. The average Bonchev–Trinajstić information content (AvgIpc) is 3.15. The predicted octanol–water partition coefficient (Wildman–Crippen LogP) is 5.10. The van der Waals surface area contributed by atoms with Crippen LogP contribution in [-0.4, -0.2) is 19.6 Å². The lowest BCUT2D eigenvalue weighted by molar-refractivity contribution is -0.115. The molecule has 1 unspecified atom stereocenters. The number of hydrogen-bond acceptors (Lipinski definition) is 4. The number of halogens is 1. The maximum absolute atomic E-state index is 12.9. The molecule has 1 atom stereocenters. The molecule has 0 saturated heterocycles. The van der Waals surface area contributed by atoms with Gasteiger partial charge in [-0.15, -0.1) is 11.8 Å². The Morgan fingerprint density at radius 2 is 1.80 bits per heavy atom. The number of carbonyl (C=O) groups is 1. The van der Waals surface area contributed by atoms with E-state index in [0.717, 1.165) is 10.5 Å². The molecule has 0 fully saturated rings. The molecule has 4 rings (SSSR count). The molecule has 1 aliphatic rings. The summed E-state index contributed by atoms with van der Waals surface area (Å²) in [4.78, 5) is 13.9. The van der Waals surface area contributed by atoms with Crippen molar-refractivity contribution in [3.05, 3.63) is 82.9 Å². The molecular formula is C22H19ClN2O3S2. The first-order chi connectivity index (χ1) is 14.3. The first-order valence-electron chi connectivity index (χ1n) is 9.27. The van der Waals surface area contributed by atoms with Crippen molar-refractivity contribution in [1.29, 1.82) is 0 Å². The van der Waals surface area contributed by atoms with E-state index in [9.17, 15) is 13.2 Å². The second kappa shape index (κ2) is 8.34. The highest BCUT2D eigenvalue weighted by molar-refractivity contribution is 8.01. The summed E-state index contributed by atoms with van der Waals surface area (Å²) < 4.78 is 28.4. The molecule has 3 aromatic rings. The first-order valence-corrected chi connectivity index (χ1v) is 12.0. The number of para-hydroxylation sites is 1. The molecule has 1 amide bonds. The van der Waals surface area contributed by atoms with E-state index < -0.39 is 10.0 Å². The third kappa shape index (κ3) is 4.33. The van der Waals surface area contributed by atoms with Gasteiger partial charge in [0.15, 0.2) is 0 Å². The van der Waals surface area contributed by atoms with Crippen LogP contribution in [0.15, 0.2) is 76.5 Å². The second-order valence-corrected chi connectivity index (χ2v) is 10.3. The van der Waals surface area contributed by atoms with Crippen LogP contribution >= 0.6 is 23.4 Å². The predicted molar refractivity (Wildman–Crippen MR) is 122 cm³/mol. The van der Waals surface area contributed by atoms with Crippen LogP contribution in [0.1, 0.15) is 11.1 Å². The molecule has 0 bridgehead atoms. The smallest absolute Gasteiger partial charge is 0.262 e. The van der Waals surface area contributed by atoms with Gasteiger partial charge in [-0.3, -0.25) is 9.52 Å². The van der Waals surface area contributed by atoms with Crippen molar-refractivity contribution < 1.29 is 13.2 Å². The highest BCUT2D eigenvalue weighted by Gasteiger charge is 2.28. The Hall–Kier alpha value is -2.48. The molecule has 5 nitrogen and oxygen atoms in total. The summed E-state index contributed by atoms with van der Waals surface area (Å²) in [5.74, 6) is -0.150. The van der Waals surface area contributed by atoms with Crippen LogP contribution in [-0.2, 0) is 21.2 Å². The molecule has 0 aromatic heterocycles. The number of fused-ring (bicyclic) bond motifs is 1. The van der Waals surface area contributed by atoms with E-state index in [-0.39, 0.29) is 16.1 Å². The van der Waals surface area contributed by atoms with Crippen molar-refractivity contribution in [2.45, 2.75) is 28.4 Å². The van der Waals surface area contributed by atoms with E-state index in [4.69, 9.17) is 11.6 Å². The lowest BCUT2D eigenvalue weighted by Gasteiger charge is -2.14. The maximum Gasteiger partial charge on any atom is 0.262 e. The number of anilines is 2. The van der Waals surface area contributed by atoms with Gasteiger partial charge < -0.3 is 5.32 Å². The molecule has 0 aliphatic carbocycles. The zero-order valence-corrected chi connectivity index (χ0v) is 18.4. The normalized spacial score (nSPS) is 15.5. The minimum Gasteiger partial charge on any atom is -0.325 e. The van der Waals surface area contributed by atoms with Crippen molar-refractivity contribution in [2.75, 3.05) is 10.0 Å². The van der Waals surface area contributed by atoms with Crippen LogP contribution in [0.3, 0.4) is 0 Å². The van der Waals surface area contributed by atoms with Crippen LogP contribution in [0.25, 0.3) is 0 Å². The van der Waals surface area contributed by atoms with Crippen LogP contribution in [0, 0.1) is 6.92 Å². The van der Waals surface area contributed by atoms with Gasteiger partial charge in [0, 0.05) is 10.6 Å². The van der Waals surface area contributed by atoms with Crippen LogP contribution in [0.5, 0.6) is 0 Å². The molecule has 30 heavy (non-hydrogen) atoms. The molecule has 2 N–H and O–H groups in total. The monoisotopic (exact) mass is 458 g/mol. The Morgan fingerprint density at radius 1 is 1.07 bits per heavy atom. The van der Waals surface area contributed by atoms with E-state index in [0.29, 0.717) is 28.4 Å². The molecule has 0 saturated carbocycles. The van der Waals surface area contributed by atoms with Crippen molar-refractivity contribution in [3.63, 3.8) is 0 Å². The van der Waals surface area contributed by atoms with Crippen molar-refractivity contribution >= 4 is 50.7 Å². The summed E-state index contributed by atoms with van der Waals surface area (Å²) in [6.07, 6.45) is 0.651. The summed E-state index contributed by atoms with van der Waals surface area (Å²) in [7, 11) is -3.88. The van der Waals surface area contributed by atoms with Crippen LogP contribution < -0.4 is 10.0 Å². The van der Waals surface area contributed by atoms with Gasteiger partial charge in [0.2, 0.25) is 5.91 Å². The average molecular weight is 459 g/mol. The van der Waals surface area contributed by atoms with Gasteiger partial charge in [-0.05, 0) is 54.8 Å². The number of sulfonamides is 1. The fourth-order valence-electron chi connectivity index (χ4n) is 3.26. The quantitative estimate of drug-likeness (QED) is 0.557. The molecule has 154 valence electrons. The van der Waals surface area contributed by atoms with Crippen molar-refractivity contribution in [1.82, 2.24) is 0 Å². The van der Waals surface area contributed by atoms with Gasteiger partial charge in [0.1, 0.15) is 0 Å². The number of thioether (sulfide) groups is 1. The summed E-state index contributed by atoms with van der Waals surface area (Å²) in [6, 6.07) is 19.4. The number of amides is 1. The molecule has 1 aliphatic heterocycles. The highest BCUT2D eigenvalue weighted by atomic mass is 35.5. The van der Waals surface area contributed by atoms with Crippen molar-refractivity contribution in [2.24, 2.45) is 0 Å². The van der Waals surface area contributed by atoms with Gasteiger partial charge in [-0.2, -0.15) is 0 Å². The summed E-state index contributed by atoms with van der Waals surface area (Å²) in [5, 5.41) is 2.92. The Bertz CT molecular complexity index is 1200. The Kier molecular flexibility index (Phi) is 5.77. The topological polar surface area (TPSA) is 75.3 Å². The van der Waals surface area contributed by atoms with Gasteiger partial charge in [-0.25, -0.2) is 8.42 Å². The molecule has 3 aromatic carbocycles. The third-order valence-corrected chi connectivity index (χ3v) is 7.96. The maximum atomic E-state index is 12.9. The number of carbonyl (C=O) groups excluding carboxylic acids is 1. The summed E-state index contributed by atoms with van der Waals surface area (Å²) >= 11 is 7.60. The van der Waals surface area contributed by atoms with Gasteiger partial charge in [0.25, 0.3) is 10.0 Å². The fraction of sp³-hybridized carbons (Fsp3) is 0.136. The second-order valence-electron chi connectivity index (χ2n) is 6.97. The number of nitrogens with one attached hydrogen (secondary N) is 2. The van der Waals surface area contributed by atoms with E-state index in [2.05, 4.69) is 10.0 Å². The number of hydrogen-bond donors (Lipinski definition) is 2. The lowest BCUT2D eigenvalue weighted by Crippen LogP contribution is -2.25. The van der Waals surface area contributed by atoms with E-state index in [1.165, 1.54) is 17.8 Å². The Balaban J connectivity index is 1.53. The minimum atomic E-state index is -3.88. The largest absolute Gasteiger partial charge is 0.325 e. The highest BCUT2D eigenvalue weighted by Crippen LogP contribution is 2.37. The fourth-order valence-corrected chi connectivity index (χ4v) is 6.05. The molecule has 0 radical (unpaired) electrons. The first kappa shape index (κ1) is 20.8. The van der Waals surface area contributed by atoms with Gasteiger partial charge in [0.05, 0.1) is 20.9 Å². The molecule has 0 spiro atoms. The van der Waals surface area contributed by atoms with Gasteiger partial charge >= 0.3 is 0 Å². The van der Waals surface area contributed by atoms with Crippen molar-refractivity contribution in [3.8, 4) is 0 Å². The number of rotatable bonds is 5. The zero-order valence-electron chi connectivity index (χ0n) is 16.1.